The van der Waals surface area contributed by atoms with Crippen LogP contribution in [-0.4, -0.2) is 12.1 Å². The first-order valence-corrected chi connectivity index (χ1v) is 7.79. The number of hydrazone groups is 1. The zero-order valence-electron chi connectivity index (χ0n) is 12.1. The minimum atomic E-state index is -0.570. The molecule has 0 bridgehead atoms. The number of amides is 1. The monoisotopic (exact) mass is 324 g/mol. The van der Waals surface area contributed by atoms with Gasteiger partial charge in [-0.25, -0.2) is 9.82 Å². The lowest BCUT2D eigenvalue weighted by molar-refractivity contribution is 0.0951. The molecule has 1 aromatic heterocycles. The summed E-state index contributed by atoms with van der Waals surface area (Å²) >= 11 is 1.56. The predicted octanol–water partition coefficient (Wildman–Crippen LogP) is 4.32. The molecule has 3 aromatic rings. The van der Waals surface area contributed by atoms with E-state index in [1.54, 1.807) is 23.6 Å². The van der Waals surface area contributed by atoms with Gasteiger partial charge in [0.25, 0.3) is 5.91 Å². The normalized spacial score (nSPS) is 10.8. The minimum Gasteiger partial charge on any atom is -0.267 e. The fraction of sp³-hybridized carbons (Fsp3) is 0. The number of thiophene rings is 1. The number of carbonyl (C=O) groups excluding carboxylic acids is 1. The van der Waals surface area contributed by atoms with E-state index in [-0.39, 0.29) is 5.56 Å². The summed E-state index contributed by atoms with van der Waals surface area (Å²) in [6, 6.07) is 19.7. The van der Waals surface area contributed by atoms with E-state index in [1.807, 2.05) is 42.5 Å². The SMILES string of the molecule is O=C(N/N=C\c1ccc(-c2ccccc2)s1)c1ccccc1F. The van der Waals surface area contributed by atoms with Crippen LogP contribution in [-0.2, 0) is 0 Å². The Morgan fingerprint density at radius 2 is 1.74 bits per heavy atom. The number of carbonyl (C=O) groups is 1. The Morgan fingerprint density at radius 3 is 2.52 bits per heavy atom. The molecule has 0 spiro atoms. The first-order chi connectivity index (χ1) is 11.2. The average Bonchev–Trinajstić information content (AvgIpc) is 3.05. The van der Waals surface area contributed by atoms with Gasteiger partial charge < -0.3 is 0 Å². The third-order valence-electron chi connectivity index (χ3n) is 3.16. The van der Waals surface area contributed by atoms with E-state index in [1.165, 1.54) is 18.2 Å². The van der Waals surface area contributed by atoms with Crippen molar-refractivity contribution in [2.45, 2.75) is 0 Å². The molecule has 2 aromatic carbocycles. The molecule has 0 radical (unpaired) electrons. The maximum absolute atomic E-state index is 13.5. The van der Waals surface area contributed by atoms with Gasteiger partial charge in [-0.3, -0.25) is 4.79 Å². The molecule has 1 amide bonds. The average molecular weight is 324 g/mol. The molecule has 3 nitrogen and oxygen atoms in total. The van der Waals surface area contributed by atoms with E-state index >= 15 is 0 Å². The molecule has 0 atom stereocenters. The molecule has 0 aliphatic heterocycles. The molecule has 0 aliphatic carbocycles. The Kier molecular flexibility index (Phi) is 4.59. The number of hydrogen-bond acceptors (Lipinski definition) is 3. The maximum atomic E-state index is 13.5. The molecule has 5 heteroatoms. The number of nitrogens with one attached hydrogen (secondary N) is 1. The summed E-state index contributed by atoms with van der Waals surface area (Å²) in [6.45, 7) is 0. The highest BCUT2D eigenvalue weighted by Gasteiger charge is 2.09. The summed E-state index contributed by atoms with van der Waals surface area (Å²) in [5.74, 6) is -1.14. The van der Waals surface area contributed by atoms with Gasteiger partial charge >= 0.3 is 0 Å². The summed E-state index contributed by atoms with van der Waals surface area (Å²) in [5.41, 5.74) is 3.44. The lowest BCUT2D eigenvalue weighted by atomic mass is 10.2. The van der Waals surface area contributed by atoms with Gasteiger partial charge in [-0.05, 0) is 29.8 Å². The highest BCUT2D eigenvalue weighted by molar-refractivity contribution is 7.17. The molecule has 3 rings (SSSR count). The van der Waals surface area contributed by atoms with Gasteiger partial charge in [-0.1, -0.05) is 42.5 Å². The van der Waals surface area contributed by atoms with Crippen molar-refractivity contribution in [2.75, 3.05) is 0 Å². The molecule has 1 heterocycles. The molecule has 23 heavy (non-hydrogen) atoms. The second kappa shape index (κ2) is 6.98. The fourth-order valence-electron chi connectivity index (χ4n) is 2.04. The van der Waals surface area contributed by atoms with E-state index in [2.05, 4.69) is 10.5 Å². The summed E-state index contributed by atoms with van der Waals surface area (Å²) in [7, 11) is 0. The number of benzene rings is 2. The second-order valence-corrected chi connectivity index (χ2v) is 5.86. The van der Waals surface area contributed by atoms with Crippen molar-refractivity contribution in [3.63, 3.8) is 0 Å². The van der Waals surface area contributed by atoms with Crippen molar-refractivity contribution in [1.29, 1.82) is 0 Å². The van der Waals surface area contributed by atoms with E-state index < -0.39 is 11.7 Å². The van der Waals surface area contributed by atoms with Crippen molar-refractivity contribution in [3.05, 3.63) is 83.0 Å². The number of rotatable bonds is 4. The quantitative estimate of drug-likeness (QED) is 0.563. The van der Waals surface area contributed by atoms with Crippen LogP contribution in [0.5, 0.6) is 0 Å². The zero-order valence-corrected chi connectivity index (χ0v) is 12.9. The molecule has 1 N–H and O–H groups in total. The van der Waals surface area contributed by atoms with Gasteiger partial charge in [-0.2, -0.15) is 5.10 Å². The zero-order chi connectivity index (χ0) is 16.1. The maximum Gasteiger partial charge on any atom is 0.274 e. The number of nitrogens with zero attached hydrogens (tertiary/aromatic N) is 1. The smallest absolute Gasteiger partial charge is 0.267 e. The highest BCUT2D eigenvalue weighted by atomic mass is 32.1. The van der Waals surface area contributed by atoms with Crippen LogP contribution in [0.15, 0.2) is 71.8 Å². The summed E-state index contributed by atoms with van der Waals surface area (Å²) < 4.78 is 13.5. The van der Waals surface area contributed by atoms with Crippen LogP contribution in [0.4, 0.5) is 4.39 Å². The fourth-order valence-corrected chi connectivity index (χ4v) is 2.93. The highest BCUT2D eigenvalue weighted by Crippen LogP contribution is 2.26. The largest absolute Gasteiger partial charge is 0.274 e. The number of halogens is 1. The van der Waals surface area contributed by atoms with E-state index in [4.69, 9.17) is 0 Å². The van der Waals surface area contributed by atoms with Crippen LogP contribution in [0.25, 0.3) is 10.4 Å². The minimum absolute atomic E-state index is 0.0270. The lowest BCUT2D eigenvalue weighted by Crippen LogP contribution is -2.18. The van der Waals surface area contributed by atoms with E-state index in [0.717, 1.165) is 15.3 Å². The van der Waals surface area contributed by atoms with Gasteiger partial charge in [0.1, 0.15) is 5.82 Å². The van der Waals surface area contributed by atoms with Crippen molar-refractivity contribution in [3.8, 4) is 10.4 Å². The summed E-state index contributed by atoms with van der Waals surface area (Å²) in [6.07, 6.45) is 1.55. The second-order valence-electron chi connectivity index (χ2n) is 4.75. The van der Waals surface area contributed by atoms with Crippen LogP contribution in [0.1, 0.15) is 15.2 Å². The van der Waals surface area contributed by atoms with Crippen LogP contribution >= 0.6 is 11.3 Å². The van der Waals surface area contributed by atoms with Crippen molar-refractivity contribution >= 4 is 23.5 Å². The van der Waals surface area contributed by atoms with E-state index in [9.17, 15) is 9.18 Å². The third-order valence-corrected chi connectivity index (χ3v) is 4.23. The Morgan fingerprint density at radius 1 is 1.00 bits per heavy atom. The molecular formula is C18H13FN2OS. The molecular weight excluding hydrogens is 311 g/mol. The Labute approximate surface area is 137 Å². The Bertz CT molecular complexity index is 843. The topological polar surface area (TPSA) is 41.5 Å². The van der Waals surface area contributed by atoms with Gasteiger partial charge in [-0.15, -0.1) is 11.3 Å². The van der Waals surface area contributed by atoms with Crippen molar-refractivity contribution in [1.82, 2.24) is 5.43 Å². The molecule has 0 aliphatic rings. The van der Waals surface area contributed by atoms with Crippen LogP contribution in [0.2, 0.25) is 0 Å². The molecule has 114 valence electrons. The molecule has 0 unspecified atom stereocenters. The molecule has 0 saturated heterocycles. The third kappa shape index (κ3) is 3.70. The van der Waals surface area contributed by atoms with Crippen LogP contribution < -0.4 is 5.43 Å². The Balaban J connectivity index is 1.66. The Hall–Kier alpha value is -2.79. The van der Waals surface area contributed by atoms with Gasteiger partial charge in [0.15, 0.2) is 0 Å². The van der Waals surface area contributed by atoms with Gasteiger partial charge in [0.2, 0.25) is 0 Å². The van der Waals surface area contributed by atoms with Crippen molar-refractivity contribution in [2.24, 2.45) is 5.10 Å². The first-order valence-electron chi connectivity index (χ1n) is 6.97. The lowest BCUT2D eigenvalue weighted by Gasteiger charge is -2.00. The summed E-state index contributed by atoms with van der Waals surface area (Å²) in [5, 5.41) is 3.89. The van der Waals surface area contributed by atoms with Crippen LogP contribution in [0, 0.1) is 5.82 Å². The number of hydrogen-bond donors (Lipinski definition) is 1. The van der Waals surface area contributed by atoms with Gasteiger partial charge in [0, 0.05) is 9.75 Å². The van der Waals surface area contributed by atoms with E-state index in [0.29, 0.717) is 0 Å². The van der Waals surface area contributed by atoms with Crippen molar-refractivity contribution < 1.29 is 9.18 Å². The summed E-state index contributed by atoms with van der Waals surface area (Å²) in [4.78, 5) is 13.8. The standard InChI is InChI=1S/C18H13FN2OS/c19-16-9-5-4-8-15(16)18(22)21-20-12-14-10-11-17(23-14)13-6-2-1-3-7-13/h1-12H,(H,21,22)/b20-12-. The molecule has 0 saturated carbocycles. The molecule has 0 fully saturated rings. The predicted molar refractivity (Wildman–Crippen MR) is 91.2 cm³/mol. The first kappa shape index (κ1) is 15.1. The van der Waals surface area contributed by atoms with Crippen LogP contribution in [0.3, 0.4) is 0 Å². The van der Waals surface area contributed by atoms with Gasteiger partial charge in [0.05, 0.1) is 11.8 Å².